The zero-order chi connectivity index (χ0) is 25.4. The molecule has 6 atom stereocenters. The first-order valence-electron chi connectivity index (χ1n) is 12.6. The van der Waals surface area contributed by atoms with Crippen molar-refractivity contribution in [3.05, 3.63) is 36.0 Å². The van der Waals surface area contributed by atoms with Crippen LogP contribution in [0, 0.1) is 40.4 Å². The number of carbonyl (C=O) groups is 1. The highest BCUT2D eigenvalue weighted by molar-refractivity contribution is 6.74. The molecule has 0 amide bonds. The number of hydrogen-bond donors (Lipinski definition) is 0. The summed E-state index contributed by atoms with van der Waals surface area (Å²) in [6.45, 7) is 28.5. The second-order valence-corrected chi connectivity index (χ2v) is 17.4. The Labute approximate surface area is 205 Å². The molecule has 0 spiro atoms. The fourth-order valence-corrected chi connectivity index (χ4v) is 7.31. The summed E-state index contributed by atoms with van der Waals surface area (Å²) in [6, 6.07) is 0. The summed E-state index contributed by atoms with van der Waals surface area (Å²) in [5.74, 6) is 7.52. The Morgan fingerprint density at radius 2 is 1.91 bits per heavy atom. The molecule has 33 heavy (non-hydrogen) atoms. The number of ketones is 1. The van der Waals surface area contributed by atoms with E-state index in [0.29, 0.717) is 24.5 Å². The predicted molar refractivity (Wildman–Crippen MR) is 144 cm³/mol. The number of fused-ring (bicyclic) bond motifs is 1. The van der Waals surface area contributed by atoms with E-state index in [1.54, 1.807) is 0 Å². The normalized spacial score (nSPS) is 34.5. The van der Waals surface area contributed by atoms with E-state index < -0.39 is 13.7 Å². The van der Waals surface area contributed by atoms with Crippen molar-refractivity contribution < 1.29 is 9.22 Å². The lowest BCUT2D eigenvalue weighted by molar-refractivity contribution is -0.153. The predicted octanol–water partition coefficient (Wildman–Crippen LogP) is 8.13. The second-order valence-electron chi connectivity index (χ2n) is 12.7. The highest BCUT2D eigenvalue weighted by atomic mass is 28.4. The third-order valence-electron chi connectivity index (χ3n) is 9.08. The van der Waals surface area contributed by atoms with Crippen LogP contribution in [-0.2, 0) is 9.22 Å². The van der Waals surface area contributed by atoms with Crippen LogP contribution in [0.1, 0.15) is 81.6 Å². The average molecular weight is 469 g/mol. The summed E-state index contributed by atoms with van der Waals surface area (Å²) in [6.07, 6.45) is 8.78. The van der Waals surface area contributed by atoms with E-state index in [1.807, 2.05) is 13.0 Å². The Kier molecular flexibility index (Phi) is 8.20. The lowest BCUT2D eigenvalue weighted by Crippen LogP contribution is -2.61. The zero-order valence-electron chi connectivity index (χ0n) is 23.2. The molecule has 2 nitrogen and oxygen atoms in total. The van der Waals surface area contributed by atoms with Gasteiger partial charge in [-0.2, -0.15) is 0 Å². The minimum absolute atomic E-state index is 0.0380. The highest BCUT2D eigenvalue weighted by Crippen LogP contribution is 2.63. The van der Waals surface area contributed by atoms with Gasteiger partial charge in [0.05, 0.1) is 6.10 Å². The maximum absolute atomic E-state index is 13.8. The number of Topliss-reactive ketones (excluding diaryl/α,β-unsaturated/α-hetero) is 1. The van der Waals surface area contributed by atoms with E-state index in [4.69, 9.17) is 4.43 Å². The molecule has 0 aromatic carbocycles. The van der Waals surface area contributed by atoms with Crippen molar-refractivity contribution in [3.8, 4) is 11.8 Å². The van der Waals surface area contributed by atoms with Crippen LogP contribution in [0.5, 0.6) is 0 Å². The monoisotopic (exact) mass is 468 g/mol. The van der Waals surface area contributed by atoms with Gasteiger partial charge in [0.15, 0.2) is 8.32 Å². The van der Waals surface area contributed by atoms with E-state index in [-0.39, 0.29) is 28.4 Å². The molecule has 0 aromatic rings. The van der Waals surface area contributed by atoms with Crippen LogP contribution in [0.4, 0.5) is 0 Å². The van der Waals surface area contributed by atoms with Crippen LogP contribution >= 0.6 is 0 Å². The SMILES string of the molecule is C=CC[C@]1(C)C(=O)C[C@H]2[C@@H](O[Si](C)(C)C(C)(C)C)C=C(C)[C@@H](CC=C(C)C)[C@]2(C)[C@@H]1C#CC. The summed E-state index contributed by atoms with van der Waals surface area (Å²) < 4.78 is 7.05. The van der Waals surface area contributed by atoms with Crippen molar-refractivity contribution in [1.82, 2.24) is 0 Å². The van der Waals surface area contributed by atoms with Gasteiger partial charge in [0.1, 0.15) is 5.78 Å². The molecule has 0 saturated heterocycles. The molecule has 2 aliphatic carbocycles. The Balaban J connectivity index is 2.75. The molecule has 184 valence electrons. The minimum atomic E-state index is -2.02. The van der Waals surface area contributed by atoms with E-state index in [9.17, 15) is 4.79 Å². The molecule has 0 bridgehead atoms. The first-order chi connectivity index (χ1) is 15.1. The number of rotatable bonds is 6. The van der Waals surface area contributed by atoms with Gasteiger partial charge in [0, 0.05) is 23.7 Å². The van der Waals surface area contributed by atoms with Crippen molar-refractivity contribution >= 4 is 14.1 Å². The number of hydrogen-bond acceptors (Lipinski definition) is 2. The van der Waals surface area contributed by atoms with Crippen LogP contribution in [0.3, 0.4) is 0 Å². The first-order valence-corrected chi connectivity index (χ1v) is 15.5. The second kappa shape index (κ2) is 9.71. The van der Waals surface area contributed by atoms with Gasteiger partial charge in [-0.05, 0) is 70.0 Å². The summed E-state index contributed by atoms with van der Waals surface area (Å²) in [7, 11) is -2.02. The zero-order valence-corrected chi connectivity index (χ0v) is 24.2. The summed E-state index contributed by atoms with van der Waals surface area (Å²) >= 11 is 0. The van der Waals surface area contributed by atoms with Crippen molar-refractivity contribution in [2.45, 2.75) is 106 Å². The molecule has 0 N–H and O–H groups in total. The molecule has 1 saturated carbocycles. The van der Waals surface area contributed by atoms with Gasteiger partial charge < -0.3 is 4.43 Å². The standard InChI is InChI=1S/C30H48O2Si/c1-13-15-26-29(9,18-14-2)27(31)20-24-25(32-33(11,12)28(6,7)8)19-22(5)23(30(24,26)10)17-16-21(3)4/h14,16,19,23-26H,2,17-18,20H2,1,3-12H3/t23-,24+,25+,26-,29+,30+/m1/s1. The Hall–Kier alpha value is -1.37. The molecule has 0 heterocycles. The van der Waals surface area contributed by atoms with Gasteiger partial charge in [-0.15, -0.1) is 12.5 Å². The molecular weight excluding hydrogens is 420 g/mol. The largest absolute Gasteiger partial charge is 0.410 e. The van der Waals surface area contributed by atoms with E-state index in [1.165, 1.54) is 11.1 Å². The third-order valence-corrected chi connectivity index (χ3v) is 13.6. The summed E-state index contributed by atoms with van der Waals surface area (Å²) in [5.41, 5.74) is 2.04. The quantitative estimate of drug-likeness (QED) is 0.223. The molecule has 0 radical (unpaired) electrons. The first kappa shape index (κ1) is 27.9. The summed E-state index contributed by atoms with van der Waals surface area (Å²) in [5, 5.41) is 0.114. The summed E-state index contributed by atoms with van der Waals surface area (Å²) in [4.78, 5) is 13.8. The number of carbonyl (C=O) groups excluding carboxylic acids is 1. The fourth-order valence-electron chi connectivity index (χ4n) is 6.04. The van der Waals surface area contributed by atoms with Gasteiger partial charge in [-0.1, -0.05) is 69.9 Å². The van der Waals surface area contributed by atoms with Gasteiger partial charge in [0.2, 0.25) is 0 Å². The maximum atomic E-state index is 13.8. The molecule has 0 aliphatic heterocycles. The third kappa shape index (κ3) is 5.03. The van der Waals surface area contributed by atoms with Crippen molar-refractivity contribution in [2.75, 3.05) is 0 Å². The van der Waals surface area contributed by atoms with E-state index >= 15 is 0 Å². The number of allylic oxidation sites excluding steroid dienone is 4. The molecule has 2 aliphatic rings. The van der Waals surface area contributed by atoms with Gasteiger partial charge >= 0.3 is 0 Å². The molecule has 1 fully saturated rings. The highest BCUT2D eigenvalue weighted by Gasteiger charge is 2.63. The fraction of sp³-hybridized carbons (Fsp3) is 0.700. The molecule has 2 rings (SSSR count). The van der Waals surface area contributed by atoms with Gasteiger partial charge in [-0.3, -0.25) is 4.79 Å². The Morgan fingerprint density at radius 1 is 1.30 bits per heavy atom. The van der Waals surface area contributed by atoms with Gasteiger partial charge in [-0.25, -0.2) is 0 Å². The van der Waals surface area contributed by atoms with Crippen LogP contribution in [-0.4, -0.2) is 20.2 Å². The maximum Gasteiger partial charge on any atom is 0.192 e. The van der Waals surface area contributed by atoms with Crippen molar-refractivity contribution in [2.24, 2.45) is 28.6 Å². The minimum Gasteiger partial charge on any atom is -0.410 e. The molecular formula is C30H48O2Si. The van der Waals surface area contributed by atoms with Crippen LogP contribution in [0.25, 0.3) is 0 Å². The molecule has 3 heteroatoms. The van der Waals surface area contributed by atoms with Crippen LogP contribution in [0.15, 0.2) is 36.0 Å². The molecule has 0 aromatic heterocycles. The Morgan fingerprint density at radius 3 is 2.39 bits per heavy atom. The van der Waals surface area contributed by atoms with Crippen LogP contribution in [0.2, 0.25) is 18.1 Å². The smallest absolute Gasteiger partial charge is 0.192 e. The lowest BCUT2D eigenvalue weighted by atomic mass is 9.43. The average Bonchev–Trinajstić information content (AvgIpc) is 2.66. The Bertz CT molecular complexity index is 886. The molecule has 0 unspecified atom stereocenters. The van der Waals surface area contributed by atoms with Crippen molar-refractivity contribution in [3.63, 3.8) is 0 Å². The topological polar surface area (TPSA) is 26.3 Å². The van der Waals surface area contributed by atoms with E-state index in [0.717, 1.165) is 6.42 Å². The lowest BCUT2D eigenvalue weighted by Gasteiger charge is -2.60. The van der Waals surface area contributed by atoms with Gasteiger partial charge in [0.25, 0.3) is 0 Å². The van der Waals surface area contributed by atoms with E-state index in [2.05, 4.69) is 99.1 Å². The van der Waals surface area contributed by atoms with Crippen LogP contribution < -0.4 is 0 Å². The van der Waals surface area contributed by atoms with Crippen molar-refractivity contribution in [1.29, 1.82) is 0 Å².